The topological polar surface area (TPSA) is 202 Å². The Morgan fingerprint density at radius 1 is 0.472 bits per heavy atom. The van der Waals surface area contributed by atoms with Crippen molar-refractivity contribution >= 4 is 82.5 Å². The zero-order valence-electron chi connectivity index (χ0n) is 61.8. The highest BCUT2D eigenvalue weighted by atomic mass is 35.5. The number of hydrogen-bond donors (Lipinski definition) is 5. The number of likely N-dealkylation sites (N-methyl/N-ethyl adjacent to an activating group) is 1. The Morgan fingerprint density at radius 3 is 1.31 bits per heavy atom. The number of aliphatic hydroxyl groups excluding tert-OH is 4. The number of hydrogen-bond acceptors (Lipinski definition) is 13. The quantitative estimate of drug-likeness (QED) is 0.0479. The third kappa shape index (κ3) is 17.2. The molecule has 0 spiro atoms. The van der Waals surface area contributed by atoms with Gasteiger partial charge in [0.1, 0.15) is 0 Å². The van der Waals surface area contributed by atoms with E-state index in [0.717, 1.165) is 153 Å². The minimum Gasteiger partial charge on any atom is -0.387 e. The smallest absolute Gasteiger partial charge is 0.0995 e. The summed E-state index contributed by atoms with van der Waals surface area (Å²) in [5.74, 6) is 3.53. The molecule has 0 saturated carbocycles. The van der Waals surface area contributed by atoms with Crippen LogP contribution >= 0.6 is 23.2 Å². The van der Waals surface area contributed by atoms with Crippen LogP contribution in [0.4, 0.5) is 0 Å². The number of aromatic nitrogens is 8. The van der Waals surface area contributed by atoms with Crippen molar-refractivity contribution in [2.75, 3.05) is 58.6 Å². The predicted octanol–water partition coefficient (Wildman–Crippen LogP) is 14.6. The number of pyridine rings is 4. The van der Waals surface area contributed by atoms with Crippen molar-refractivity contribution in [2.45, 2.75) is 149 Å². The number of benzene rings is 4. The first-order chi connectivity index (χ1) is 51.2. The van der Waals surface area contributed by atoms with Gasteiger partial charge in [-0.05, 0) is 202 Å². The highest BCUT2D eigenvalue weighted by molar-refractivity contribution is 7.95. The van der Waals surface area contributed by atoms with E-state index in [2.05, 4.69) is 166 Å². The maximum Gasteiger partial charge on any atom is 0.0995 e. The molecule has 16 rings (SSSR count). The van der Waals surface area contributed by atoms with E-state index in [-0.39, 0.29) is 11.8 Å². The van der Waals surface area contributed by atoms with E-state index in [4.69, 9.17) is 23.2 Å². The molecule has 6 atom stereocenters. The van der Waals surface area contributed by atoms with Gasteiger partial charge >= 0.3 is 0 Å². The van der Waals surface area contributed by atoms with E-state index in [0.29, 0.717) is 26.2 Å². The highest BCUT2D eigenvalue weighted by Crippen LogP contribution is 2.40. The Hall–Kier alpha value is -8.12. The van der Waals surface area contributed by atoms with Crippen LogP contribution in [0.1, 0.15) is 142 Å². The van der Waals surface area contributed by atoms with Crippen LogP contribution in [-0.4, -0.2) is 151 Å². The summed E-state index contributed by atoms with van der Waals surface area (Å²) in [6.07, 6.45) is 17.7. The van der Waals surface area contributed by atoms with E-state index in [9.17, 15) is 29.2 Å². The molecule has 556 valence electrons. The molecule has 5 N–H and O–H groups in total. The molecular weight excluding hydrogens is 1390 g/mol. The van der Waals surface area contributed by atoms with Crippen molar-refractivity contribution in [1.82, 2.24) is 57.8 Å². The van der Waals surface area contributed by atoms with Gasteiger partial charge in [-0.3, -0.25) is 34.6 Å². The second-order valence-corrected chi connectivity index (χ2v) is 32.0. The molecule has 4 aromatic carbocycles. The number of aryl methyl sites for hydroxylation is 2. The van der Waals surface area contributed by atoms with Crippen molar-refractivity contribution in [2.24, 2.45) is 0 Å². The molecule has 6 unspecified atom stereocenters. The molecule has 12 heterocycles. The summed E-state index contributed by atoms with van der Waals surface area (Å²) in [4.78, 5) is 25.9. The third-order valence-electron chi connectivity index (χ3n) is 21.6. The average molecular weight is 1490 g/mol. The van der Waals surface area contributed by atoms with Crippen LogP contribution in [0.3, 0.4) is 0 Å². The first kappa shape index (κ1) is 76.1. The van der Waals surface area contributed by atoms with Crippen molar-refractivity contribution in [1.29, 1.82) is 0 Å². The normalized spacial score (nSPS) is 16.8. The van der Waals surface area contributed by atoms with E-state index in [1.165, 1.54) is 83.2 Å². The SMILES string of the molecule is C=S(=O)(O)CCN1CCc2c(c3cc(C)ccc3n2CC(O)c2ccncc2)C1.CCCN1CCc2c(c3cc(Cl)ccc3n2CC(O)c2cccnc2)C1.CCCN1CCc2c(c3cc(Cl)ccc3n2CC(O)c2ccncc2)C1.Cc1ccc2c(c1)c1c(n2C(C)C(O)c2ccncc2)CCN(C)C1. The summed E-state index contributed by atoms with van der Waals surface area (Å²) in [5, 5.41) is 49.8. The molecule has 21 heteroatoms. The van der Waals surface area contributed by atoms with Crippen LogP contribution in [-0.2, 0) is 81.3 Å². The molecule has 0 fully saturated rings. The lowest BCUT2D eigenvalue weighted by Crippen LogP contribution is -2.34. The molecular formula is C85H100Cl2N12O6S. The van der Waals surface area contributed by atoms with E-state index in [1.54, 1.807) is 49.6 Å². The lowest BCUT2D eigenvalue weighted by atomic mass is 10.0. The maximum atomic E-state index is 11.6. The molecule has 4 aliphatic heterocycles. The van der Waals surface area contributed by atoms with Gasteiger partial charge < -0.3 is 48.1 Å². The number of nitrogens with zero attached hydrogens (tertiary/aromatic N) is 12. The molecule has 106 heavy (non-hydrogen) atoms. The van der Waals surface area contributed by atoms with Gasteiger partial charge in [0.05, 0.1) is 65.6 Å². The fourth-order valence-electron chi connectivity index (χ4n) is 16.3. The monoisotopic (exact) mass is 1490 g/mol. The zero-order chi connectivity index (χ0) is 74.3. The van der Waals surface area contributed by atoms with Gasteiger partial charge in [0.15, 0.2) is 0 Å². The largest absolute Gasteiger partial charge is 0.387 e. The summed E-state index contributed by atoms with van der Waals surface area (Å²) in [6, 6.07) is 40.3. The minimum atomic E-state index is -2.98. The zero-order valence-corrected chi connectivity index (χ0v) is 64.1. The van der Waals surface area contributed by atoms with Crippen LogP contribution in [0.5, 0.6) is 0 Å². The van der Waals surface area contributed by atoms with Gasteiger partial charge in [0.25, 0.3) is 0 Å². The first-order valence-electron chi connectivity index (χ1n) is 37.3. The Labute approximate surface area is 633 Å². The second kappa shape index (κ2) is 34.0. The fraction of sp³-hybridized carbons (Fsp3) is 0.376. The van der Waals surface area contributed by atoms with E-state index < -0.39 is 34.2 Å². The van der Waals surface area contributed by atoms with Crippen LogP contribution < -0.4 is 0 Å². The molecule has 12 aromatic rings. The molecule has 0 aliphatic carbocycles. The second-order valence-electron chi connectivity index (χ2n) is 29.2. The molecule has 4 aliphatic rings. The van der Waals surface area contributed by atoms with Crippen LogP contribution in [0.2, 0.25) is 10.0 Å². The van der Waals surface area contributed by atoms with Gasteiger partial charge in [0, 0.05) is 216 Å². The minimum absolute atomic E-state index is 0.0280. The number of aliphatic hydroxyl groups is 4. The molecule has 8 aromatic heterocycles. The standard InChI is InChI=1S/C22H27N3O3S.2C21H24ClN3O.C21H25N3O/c1-16-3-4-20-18(13-16)19-14-24(11-12-29(2,27)28)10-7-21(19)25(20)15-22(26)17-5-8-23-9-6-17;1-2-10-24-11-7-20-18(13-24)17-12-16(22)3-4-19(17)25(20)14-21(26)15-5-8-23-9-6-15;1-2-9-24-10-7-20-18(13-24)17-11-16(22)5-6-19(17)25(20)14-21(26)15-4-3-8-23-12-15;1-14-4-5-19-17(12-14)18-13-23(3)11-8-20(18)24(19)15(2)21(25)16-6-9-22-10-7-16/h3-6,8-9,13,22,26H,2,7,10-12,14-15H2,1H3,(H,27,28);3-6,8-9,12,21,26H,2,7,10-11,13-14H2,1H3;3-6,8,11-12,21,26H,2,7,9-10,13-14H2,1H3;4-7,9-10,12,15,21,25H,8,11,13H2,1-3H3. The summed E-state index contributed by atoms with van der Waals surface area (Å²) < 4.78 is 30.3. The molecule has 0 amide bonds. The van der Waals surface area contributed by atoms with Gasteiger partial charge in [-0.1, -0.05) is 66.4 Å². The Morgan fingerprint density at radius 2 is 0.868 bits per heavy atom. The lowest BCUT2D eigenvalue weighted by Gasteiger charge is -2.28. The van der Waals surface area contributed by atoms with Gasteiger partial charge in [-0.15, -0.1) is 0 Å². The van der Waals surface area contributed by atoms with Crippen LogP contribution in [0, 0.1) is 13.8 Å². The number of fused-ring (bicyclic) bond motifs is 12. The van der Waals surface area contributed by atoms with Gasteiger partial charge in [0.2, 0.25) is 0 Å². The number of rotatable bonds is 19. The lowest BCUT2D eigenvalue weighted by molar-refractivity contribution is 0.121. The van der Waals surface area contributed by atoms with Gasteiger partial charge in [-0.2, -0.15) is 0 Å². The molecule has 0 radical (unpaired) electrons. The van der Waals surface area contributed by atoms with Crippen molar-refractivity contribution < 1.29 is 29.2 Å². The van der Waals surface area contributed by atoms with E-state index >= 15 is 0 Å². The predicted molar refractivity (Wildman–Crippen MR) is 429 cm³/mol. The van der Waals surface area contributed by atoms with Gasteiger partial charge in [-0.25, -0.2) is 4.21 Å². The van der Waals surface area contributed by atoms with Crippen LogP contribution in [0.25, 0.3) is 43.6 Å². The highest BCUT2D eigenvalue weighted by Gasteiger charge is 2.31. The Kier molecular flexibility index (Phi) is 24.4. The summed E-state index contributed by atoms with van der Waals surface area (Å²) in [7, 11) is -0.799. The summed E-state index contributed by atoms with van der Waals surface area (Å²) >= 11 is 12.6. The average Bonchev–Trinajstić information content (AvgIpc) is 2.35. The van der Waals surface area contributed by atoms with Crippen molar-refractivity contribution in [3.63, 3.8) is 0 Å². The fourth-order valence-corrected chi connectivity index (χ4v) is 17.2. The van der Waals surface area contributed by atoms with Crippen molar-refractivity contribution in [3.8, 4) is 0 Å². The first-order valence-corrected chi connectivity index (χ1v) is 39.9. The van der Waals surface area contributed by atoms with Crippen LogP contribution in [0.15, 0.2) is 171 Å². The third-order valence-corrected chi connectivity index (χ3v) is 22.9. The van der Waals surface area contributed by atoms with Crippen molar-refractivity contribution in [3.05, 3.63) is 259 Å². The van der Waals surface area contributed by atoms with E-state index in [1.807, 2.05) is 60.7 Å². The molecule has 18 nitrogen and oxygen atoms in total. The number of halogens is 2. The summed E-state index contributed by atoms with van der Waals surface area (Å²) in [6.45, 7) is 22.8. The Bertz CT molecular complexity index is 4960. The maximum absolute atomic E-state index is 11.6. The molecule has 0 bridgehead atoms. The molecule has 0 saturated heterocycles. The Balaban J connectivity index is 0.000000125. The summed E-state index contributed by atoms with van der Waals surface area (Å²) in [5.41, 5.74) is 21.3.